The first-order valence-electron chi connectivity index (χ1n) is 50.0. The zero-order valence-corrected chi connectivity index (χ0v) is 80.4. The van der Waals surface area contributed by atoms with Gasteiger partial charge in [-0.2, -0.15) is 0 Å². The van der Waals surface area contributed by atoms with E-state index in [9.17, 15) is 0 Å². The maximum atomic E-state index is 5.04. The Balaban J connectivity index is 0.000000115. The first kappa shape index (κ1) is 89.0. The maximum Gasteiger partial charge on any atom is 0.164 e. The van der Waals surface area contributed by atoms with Gasteiger partial charge >= 0.3 is 0 Å². The summed E-state index contributed by atoms with van der Waals surface area (Å²) in [5.74, 6) is 5.89. The van der Waals surface area contributed by atoms with Crippen molar-refractivity contribution in [2.24, 2.45) is 0 Å². The van der Waals surface area contributed by atoms with Gasteiger partial charge in [-0.1, -0.05) is 510 Å². The fourth-order valence-corrected chi connectivity index (χ4v) is 21.0. The second-order valence-electron chi connectivity index (χ2n) is 37.2. The molecule has 9 nitrogen and oxygen atoms in total. The summed E-state index contributed by atoms with van der Waals surface area (Å²) >= 11 is 0. The maximum absolute atomic E-state index is 5.04. The molecule has 0 aliphatic heterocycles. The molecule has 147 heavy (non-hydrogen) atoms. The topological polar surface area (TPSA) is 116 Å². The molecule has 3 aliphatic carbocycles. The third-order valence-electron chi connectivity index (χ3n) is 28.3. The molecule has 21 aromatic carbocycles. The van der Waals surface area contributed by atoms with E-state index < -0.39 is 0 Å². The molecule has 27 rings (SSSR count). The number of hydrogen-bond acceptors (Lipinski definition) is 9. The van der Waals surface area contributed by atoms with E-state index in [1.54, 1.807) is 0 Å². The molecule has 3 aliphatic rings. The molecule has 0 unspecified atom stereocenters. The smallest absolute Gasteiger partial charge is 0.164 e. The molecular formula is C138H93N9. The molecule has 0 radical (unpaired) electrons. The Bertz CT molecular complexity index is 8910. The molecule has 3 aromatic heterocycles. The lowest BCUT2D eigenvalue weighted by Crippen LogP contribution is -2.00. The van der Waals surface area contributed by atoms with Crippen molar-refractivity contribution >= 4 is 0 Å². The minimum Gasteiger partial charge on any atom is -0.208 e. The number of rotatable bonds is 18. The Kier molecular flexibility index (Phi) is 24.2. The summed E-state index contributed by atoms with van der Waals surface area (Å²) < 4.78 is 0. The zero-order valence-electron chi connectivity index (χ0n) is 80.4. The van der Waals surface area contributed by atoms with Crippen LogP contribution in [0.25, 0.3) is 236 Å². The van der Waals surface area contributed by atoms with Gasteiger partial charge in [0.1, 0.15) is 0 Å². The van der Waals surface area contributed by atoms with Crippen molar-refractivity contribution in [3.05, 3.63) is 561 Å². The molecule has 0 bridgehead atoms. The largest absolute Gasteiger partial charge is 0.208 e. The summed E-state index contributed by atoms with van der Waals surface area (Å²) in [6.07, 6.45) is 2.74. The van der Waals surface area contributed by atoms with Crippen LogP contribution in [0.1, 0.15) is 33.4 Å². The highest BCUT2D eigenvalue weighted by Gasteiger charge is 2.30. The van der Waals surface area contributed by atoms with Crippen molar-refractivity contribution in [3.63, 3.8) is 0 Å². The third-order valence-corrected chi connectivity index (χ3v) is 28.3. The molecular weight excluding hydrogens is 1780 g/mol. The molecule has 690 valence electrons. The minimum absolute atomic E-state index is 0.651. The molecule has 0 amide bonds. The van der Waals surface area contributed by atoms with Crippen LogP contribution in [0.5, 0.6) is 0 Å². The summed E-state index contributed by atoms with van der Waals surface area (Å²) in [6.45, 7) is 0. The lowest BCUT2D eigenvalue weighted by molar-refractivity contribution is 1.07. The second-order valence-corrected chi connectivity index (χ2v) is 37.2. The van der Waals surface area contributed by atoms with E-state index in [1.165, 1.54) is 139 Å². The minimum atomic E-state index is 0.651. The summed E-state index contributed by atoms with van der Waals surface area (Å²) in [5, 5.41) is 0. The normalized spacial score (nSPS) is 11.6. The van der Waals surface area contributed by atoms with Crippen LogP contribution in [0.4, 0.5) is 0 Å². The van der Waals surface area contributed by atoms with Crippen molar-refractivity contribution < 1.29 is 0 Å². The first-order valence-corrected chi connectivity index (χ1v) is 50.0. The quantitative estimate of drug-likeness (QED) is 0.0828. The van der Waals surface area contributed by atoms with E-state index in [-0.39, 0.29) is 0 Å². The van der Waals surface area contributed by atoms with Gasteiger partial charge < -0.3 is 0 Å². The lowest BCUT2D eigenvalue weighted by atomic mass is 9.93. The van der Waals surface area contributed by atoms with E-state index in [0.717, 1.165) is 97.2 Å². The molecule has 0 saturated carbocycles. The summed E-state index contributed by atoms with van der Waals surface area (Å²) in [6, 6.07) is 185. The van der Waals surface area contributed by atoms with Gasteiger partial charge in [0.2, 0.25) is 0 Å². The highest BCUT2D eigenvalue weighted by Crippen LogP contribution is 2.51. The fraction of sp³-hybridized carbons (Fsp3) is 0.0217. The van der Waals surface area contributed by atoms with E-state index >= 15 is 0 Å². The van der Waals surface area contributed by atoms with Crippen molar-refractivity contribution in [1.29, 1.82) is 0 Å². The average Bonchev–Trinajstić information content (AvgIpc) is 1.62. The molecule has 24 aromatic rings. The molecule has 9 heteroatoms. The van der Waals surface area contributed by atoms with Crippen LogP contribution in [-0.4, -0.2) is 44.9 Å². The number of hydrogen-bond donors (Lipinski definition) is 0. The van der Waals surface area contributed by atoms with E-state index in [2.05, 4.69) is 394 Å². The molecule has 0 fully saturated rings. The molecule has 0 saturated heterocycles. The Morgan fingerprint density at radius 2 is 0.218 bits per heavy atom. The van der Waals surface area contributed by atoms with Crippen LogP contribution in [0.2, 0.25) is 0 Å². The fourth-order valence-electron chi connectivity index (χ4n) is 21.0. The van der Waals surface area contributed by atoms with Gasteiger partial charge in [0.25, 0.3) is 0 Å². The van der Waals surface area contributed by atoms with Gasteiger partial charge in [-0.05, 0) is 204 Å². The summed E-state index contributed by atoms with van der Waals surface area (Å²) in [5.41, 5.74) is 46.9. The number of aromatic nitrogens is 9. The van der Waals surface area contributed by atoms with Crippen molar-refractivity contribution in [3.8, 4) is 236 Å². The monoisotopic (exact) mass is 1880 g/mol. The third kappa shape index (κ3) is 18.2. The SMILES string of the molecule is c1ccc(-c2ccc(-c3nc(-c4ccccc4)nc(-c4ccc(-c5cccc6c5Cc5c(-c7ccccc7)cccc5-6)cc4)n3)cc2)cc1.c1ccc(-c2cccc(-c3nc(-c4ccccc4)nc(-c4ccc(-c5cccc6c5Cc5c(-c7ccccc7)cccc5-6)cc4)n3)c2)cc1.c1ccc(-c2nc(-c3ccccc3)nc(-c3cccc(-c4cccc(-c5cccc6c5Cc5c(-c7ccccc7)cccc5-6)c4)c3)n2)cc1. The van der Waals surface area contributed by atoms with E-state index in [4.69, 9.17) is 44.9 Å². The molecule has 0 spiro atoms. The van der Waals surface area contributed by atoms with Crippen LogP contribution < -0.4 is 0 Å². The predicted octanol–water partition coefficient (Wildman–Crippen LogP) is 34.3. The number of benzene rings is 21. The standard InChI is InChI=1S/3C46H31N3/c1-4-14-31(15-5-1)38-24-12-26-40-41-27-13-25-39(43(41)30-42(38)40)36-22-10-20-34(28-36)35-21-11-23-37(29-35)46-48-44(32-16-6-2-7-17-32)47-45(49-46)33-18-8-3-9-19-33;1-4-13-31(14-5-1)36-19-10-20-37(29-36)46-48-44(34-17-8-3-9-18-34)47-45(49-46)35-27-25-33(26-28-35)39-22-12-24-41-40-23-11-21-38(42(40)30-43(39)41)32-15-6-2-7-16-32;1-4-12-31(13-5-1)32-22-26-36(27-23-32)45-47-44(35-16-8-3-9-17-35)48-46(49-45)37-28-24-34(25-29-37)39-19-11-21-41-40-20-10-18-38(42(40)30-43(39)41)33-14-6-2-7-15-33/h3*1-29H,30H2. The van der Waals surface area contributed by atoms with E-state index in [0.29, 0.717) is 52.4 Å². The zero-order chi connectivity index (χ0) is 97.7. The van der Waals surface area contributed by atoms with Gasteiger partial charge in [0.15, 0.2) is 52.4 Å². The lowest BCUT2D eigenvalue weighted by Gasteiger charge is -2.12. The highest BCUT2D eigenvalue weighted by molar-refractivity contribution is 5.95. The molecule has 0 N–H and O–H groups in total. The van der Waals surface area contributed by atoms with Gasteiger partial charge in [0.05, 0.1) is 0 Å². The van der Waals surface area contributed by atoms with Gasteiger partial charge in [0, 0.05) is 50.1 Å². The van der Waals surface area contributed by atoms with Crippen molar-refractivity contribution in [2.45, 2.75) is 19.3 Å². The van der Waals surface area contributed by atoms with Gasteiger partial charge in [-0.15, -0.1) is 0 Å². The second kappa shape index (κ2) is 40.0. The van der Waals surface area contributed by atoms with Crippen LogP contribution in [0.3, 0.4) is 0 Å². The van der Waals surface area contributed by atoms with Crippen LogP contribution in [0.15, 0.2) is 528 Å². The Hall–Kier alpha value is -19.4. The molecule has 3 heterocycles. The van der Waals surface area contributed by atoms with Crippen molar-refractivity contribution in [2.75, 3.05) is 0 Å². The van der Waals surface area contributed by atoms with Gasteiger partial charge in [-0.25, -0.2) is 44.9 Å². The highest BCUT2D eigenvalue weighted by atomic mass is 15.1. The number of nitrogens with zero attached hydrogens (tertiary/aromatic N) is 9. The Labute approximate surface area is 855 Å². The van der Waals surface area contributed by atoms with Crippen LogP contribution in [0, 0.1) is 0 Å². The predicted molar refractivity (Wildman–Crippen MR) is 602 cm³/mol. The molecule has 0 atom stereocenters. The average molecular weight is 1880 g/mol. The number of fused-ring (bicyclic) bond motifs is 9. The summed E-state index contributed by atoms with van der Waals surface area (Å²) in [4.78, 5) is 44.7. The summed E-state index contributed by atoms with van der Waals surface area (Å²) in [7, 11) is 0. The van der Waals surface area contributed by atoms with Gasteiger partial charge in [-0.3, -0.25) is 0 Å². The van der Waals surface area contributed by atoms with E-state index in [1.807, 2.05) is 133 Å². The van der Waals surface area contributed by atoms with Crippen LogP contribution >= 0.6 is 0 Å². The Morgan fingerprint density at radius 1 is 0.0884 bits per heavy atom. The van der Waals surface area contributed by atoms with Crippen LogP contribution in [-0.2, 0) is 19.3 Å². The Morgan fingerprint density at radius 3 is 0.463 bits per heavy atom. The van der Waals surface area contributed by atoms with Crippen molar-refractivity contribution in [1.82, 2.24) is 44.9 Å². The first-order chi connectivity index (χ1) is 72.8.